The van der Waals surface area contributed by atoms with Gasteiger partial charge in [0.2, 0.25) is 0 Å². The molecule has 7 nitrogen and oxygen atoms in total. The summed E-state index contributed by atoms with van der Waals surface area (Å²) in [5.41, 5.74) is 0.646. The Morgan fingerprint density at radius 3 is 2.87 bits per heavy atom. The molecule has 0 amide bonds. The number of rotatable bonds is 4. The monoisotopic (exact) mass is 354 g/mol. The summed E-state index contributed by atoms with van der Waals surface area (Å²) in [5.74, 6) is 0. The number of carbonyl (C=O) groups excluding carboxylic acids is 1. The van der Waals surface area contributed by atoms with E-state index in [1.54, 1.807) is 18.2 Å². The predicted octanol–water partition coefficient (Wildman–Crippen LogP) is 2.10. The number of hydrogen-bond donors (Lipinski definition) is 0. The van der Waals surface area contributed by atoms with Gasteiger partial charge in [0, 0.05) is 18.1 Å². The molecule has 2 heterocycles. The maximum absolute atomic E-state index is 12.4. The average Bonchev–Trinajstić information content (AvgIpc) is 2.84. The highest BCUT2D eigenvalue weighted by atomic mass is 35.5. The molecule has 2 atom stereocenters. The fraction of sp³-hybridized carbons (Fsp3) is 0.429. The number of hydrogen-bond acceptors (Lipinski definition) is 6. The number of benzene rings is 1. The van der Waals surface area contributed by atoms with Crippen LogP contribution >= 0.6 is 22.9 Å². The van der Waals surface area contributed by atoms with Gasteiger partial charge >= 0.3 is 4.87 Å². The summed E-state index contributed by atoms with van der Waals surface area (Å²) >= 11 is 7.11. The molecule has 2 aromatic rings. The van der Waals surface area contributed by atoms with Crippen LogP contribution in [0.25, 0.3) is 10.2 Å². The van der Waals surface area contributed by atoms with Crippen LogP contribution in [0, 0.1) is 4.91 Å². The van der Waals surface area contributed by atoms with Crippen molar-refractivity contribution in [1.82, 2.24) is 14.5 Å². The van der Waals surface area contributed by atoms with Crippen LogP contribution in [0.2, 0.25) is 5.02 Å². The summed E-state index contributed by atoms with van der Waals surface area (Å²) < 4.78 is 2.25. The van der Waals surface area contributed by atoms with Crippen molar-refractivity contribution in [3.05, 3.63) is 37.8 Å². The number of fused-ring (bicyclic) bond motifs is 1. The van der Waals surface area contributed by atoms with E-state index >= 15 is 0 Å². The molecular formula is C14H15ClN4O3S. The van der Waals surface area contributed by atoms with Crippen LogP contribution in [-0.2, 0) is 4.79 Å². The fourth-order valence-corrected chi connectivity index (χ4v) is 3.96. The van der Waals surface area contributed by atoms with Crippen LogP contribution in [0.5, 0.6) is 0 Å². The van der Waals surface area contributed by atoms with Crippen LogP contribution < -0.4 is 4.87 Å². The molecule has 0 N–H and O–H groups in total. The lowest BCUT2D eigenvalue weighted by Gasteiger charge is -2.39. The molecule has 122 valence electrons. The van der Waals surface area contributed by atoms with E-state index in [4.69, 9.17) is 11.6 Å². The lowest BCUT2D eigenvalue weighted by Crippen LogP contribution is -2.52. The first kappa shape index (κ1) is 16.1. The maximum atomic E-state index is 12.4. The van der Waals surface area contributed by atoms with Gasteiger partial charge in [-0.1, -0.05) is 22.9 Å². The number of aldehydes is 1. The third-order valence-corrected chi connectivity index (χ3v) is 5.24. The Morgan fingerprint density at radius 2 is 2.22 bits per heavy atom. The van der Waals surface area contributed by atoms with Crippen LogP contribution in [0.4, 0.5) is 0 Å². The molecule has 1 aliphatic heterocycles. The Kier molecular flexibility index (Phi) is 4.47. The standard InChI is InChI=1S/C14H15ClN4O3S/c1-9-7-17(4-5-18(9)16-22)13(8-20)19-11-6-10(15)2-3-12(11)23-14(19)21/h2-3,6,8-9,13H,4-5,7H2,1H3. The minimum Gasteiger partial charge on any atom is -0.299 e. The number of nitroso groups, excluding NO2 is 1. The van der Waals surface area contributed by atoms with Crippen molar-refractivity contribution in [2.75, 3.05) is 19.6 Å². The summed E-state index contributed by atoms with van der Waals surface area (Å²) in [5, 5.41) is 4.93. The Balaban J connectivity index is 2.00. The van der Waals surface area contributed by atoms with Crippen molar-refractivity contribution in [3.63, 3.8) is 0 Å². The number of nitrogens with zero attached hydrogens (tertiary/aromatic N) is 4. The molecule has 0 bridgehead atoms. The second-order valence-electron chi connectivity index (χ2n) is 5.49. The third kappa shape index (κ3) is 2.89. The predicted molar refractivity (Wildman–Crippen MR) is 89.7 cm³/mol. The first-order valence-electron chi connectivity index (χ1n) is 7.15. The van der Waals surface area contributed by atoms with Crippen molar-refractivity contribution in [1.29, 1.82) is 0 Å². The molecule has 0 spiro atoms. The van der Waals surface area contributed by atoms with Crippen LogP contribution in [0.15, 0.2) is 28.3 Å². The minimum absolute atomic E-state index is 0.118. The van der Waals surface area contributed by atoms with Crippen LogP contribution in [0.3, 0.4) is 0 Å². The van der Waals surface area contributed by atoms with Crippen molar-refractivity contribution in [3.8, 4) is 0 Å². The van der Waals surface area contributed by atoms with Crippen LogP contribution in [-0.4, -0.2) is 46.4 Å². The number of aromatic nitrogens is 1. The van der Waals surface area contributed by atoms with Gasteiger partial charge in [-0.2, -0.15) is 0 Å². The summed E-state index contributed by atoms with van der Waals surface area (Å²) in [4.78, 5) is 36.5. The number of piperazine rings is 1. The molecule has 2 unspecified atom stereocenters. The van der Waals surface area contributed by atoms with E-state index in [0.29, 0.717) is 30.2 Å². The molecule has 0 aliphatic carbocycles. The van der Waals surface area contributed by atoms with E-state index in [2.05, 4.69) is 5.29 Å². The Labute approximate surface area is 141 Å². The maximum Gasteiger partial charge on any atom is 0.309 e. The van der Waals surface area contributed by atoms with Crippen molar-refractivity contribution in [2.45, 2.75) is 19.1 Å². The van der Waals surface area contributed by atoms with Crippen molar-refractivity contribution < 1.29 is 4.79 Å². The second-order valence-corrected chi connectivity index (χ2v) is 6.92. The minimum atomic E-state index is -0.717. The molecule has 1 fully saturated rings. The van der Waals surface area contributed by atoms with Gasteiger partial charge in [0.15, 0.2) is 6.29 Å². The Bertz CT molecular complexity index is 805. The molecule has 1 aromatic heterocycles. The van der Waals surface area contributed by atoms with Gasteiger partial charge in [-0.05, 0) is 25.1 Å². The first-order valence-corrected chi connectivity index (χ1v) is 8.34. The van der Waals surface area contributed by atoms with Gasteiger partial charge in [-0.3, -0.25) is 24.1 Å². The zero-order valence-electron chi connectivity index (χ0n) is 12.4. The van der Waals surface area contributed by atoms with Gasteiger partial charge in [-0.15, -0.1) is 4.91 Å². The highest BCUT2D eigenvalue weighted by molar-refractivity contribution is 7.16. The van der Waals surface area contributed by atoms with E-state index < -0.39 is 6.17 Å². The number of carbonyl (C=O) groups is 1. The third-order valence-electron chi connectivity index (χ3n) is 4.06. The lowest BCUT2D eigenvalue weighted by molar-refractivity contribution is -0.116. The SMILES string of the molecule is CC1CN(C(C=O)n2c(=O)sc3ccc(Cl)cc32)CCN1N=O. The largest absolute Gasteiger partial charge is 0.309 e. The molecule has 0 saturated carbocycles. The summed E-state index contributed by atoms with van der Waals surface area (Å²) in [7, 11) is 0. The Hall–Kier alpha value is -1.77. The van der Waals surface area contributed by atoms with E-state index in [0.717, 1.165) is 22.3 Å². The average molecular weight is 355 g/mol. The molecule has 1 saturated heterocycles. The quantitative estimate of drug-likeness (QED) is 0.621. The molecule has 1 aliphatic rings. The molecule has 23 heavy (non-hydrogen) atoms. The fourth-order valence-electron chi connectivity index (χ4n) is 2.91. The summed E-state index contributed by atoms with van der Waals surface area (Å²) in [6.45, 7) is 3.23. The van der Waals surface area contributed by atoms with E-state index in [1.165, 1.54) is 9.58 Å². The van der Waals surface area contributed by atoms with Gasteiger partial charge in [0.05, 0.1) is 28.1 Å². The highest BCUT2D eigenvalue weighted by Crippen LogP contribution is 2.26. The Morgan fingerprint density at radius 1 is 1.43 bits per heavy atom. The molecule has 3 rings (SSSR count). The zero-order valence-corrected chi connectivity index (χ0v) is 14.0. The molecule has 1 aromatic carbocycles. The van der Waals surface area contributed by atoms with E-state index in [-0.39, 0.29) is 10.9 Å². The molecular weight excluding hydrogens is 340 g/mol. The number of thiazole rings is 1. The van der Waals surface area contributed by atoms with E-state index in [9.17, 15) is 14.5 Å². The molecule has 9 heteroatoms. The van der Waals surface area contributed by atoms with Gasteiger partial charge in [0.25, 0.3) is 0 Å². The second kappa shape index (κ2) is 6.38. The first-order chi connectivity index (χ1) is 11.0. The molecule has 0 radical (unpaired) electrons. The van der Waals surface area contributed by atoms with Gasteiger partial charge in [-0.25, -0.2) is 0 Å². The van der Waals surface area contributed by atoms with Gasteiger partial charge < -0.3 is 0 Å². The summed E-state index contributed by atoms with van der Waals surface area (Å²) in [6, 6.07) is 5.07. The topological polar surface area (TPSA) is 75.0 Å². The number of halogens is 1. The normalized spacial score (nSPS) is 20.6. The van der Waals surface area contributed by atoms with Gasteiger partial charge in [0.1, 0.15) is 6.17 Å². The summed E-state index contributed by atoms with van der Waals surface area (Å²) in [6.07, 6.45) is 0.0384. The van der Waals surface area contributed by atoms with Crippen molar-refractivity contribution in [2.24, 2.45) is 5.29 Å². The smallest absolute Gasteiger partial charge is 0.299 e. The zero-order chi connectivity index (χ0) is 16.6. The van der Waals surface area contributed by atoms with Crippen molar-refractivity contribution >= 4 is 39.4 Å². The van der Waals surface area contributed by atoms with Crippen LogP contribution in [0.1, 0.15) is 13.1 Å². The van der Waals surface area contributed by atoms with E-state index in [1.807, 2.05) is 11.8 Å². The lowest BCUT2D eigenvalue weighted by atomic mass is 10.2. The highest BCUT2D eigenvalue weighted by Gasteiger charge is 2.31.